The molecule has 2 saturated carbocycles. The second-order valence-electron chi connectivity index (χ2n) is 7.20. The summed E-state index contributed by atoms with van der Waals surface area (Å²) in [5.41, 5.74) is 2.18. The van der Waals surface area contributed by atoms with Gasteiger partial charge in [-0.3, -0.25) is 0 Å². The van der Waals surface area contributed by atoms with Crippen molar-refractivity contribution < 1.29 is 4.74 Å². The average Bonchev–Trinajstić information content (AvgIpc) is 2.76. The smallest absolute Gasteiger partial charge is 0.0751 e. The van der Waals surface area contributed by atoms with Crippen LogP contribution in [0.5, 0.6) is 0 Å². The minimum absolute atomic E-state index is 0.348. The van der Waals surface area contributed by atoms with Gasteiger partial charge in [-0.15, -0.1) is 0 Å². The monoisotopic (exact) mass is 290 g/mol. The maximum atomic E-state index is 5.96. The lowest BCUT2D eigenvalue weighted by Crippen LogP contribution is -2.40. The van der Waals surface area contributed by atoms with Crippen molar-refractivity contribution in [2.24, 2.45) is 16.7 Å². The van der Waals surface area contributed by atoms with Gasteiger partial charge in [0, 0.05) is 23.5 Å². The standard InChI is InChI=1S/C18H26OS/c1-17(2)14-10-11-18(17,3)16(19-4)15(14)20-12-13-8-6-5-7-9-13/h5-9,14-16H,10-12H2,1-4H3/t14-,15+,16+,18+/m0/s1. The van der Waals surface area contributed by atoms with E-state index >= 15 is 0 Å². The van der Waals surface area contributed by atoms with Gasteiger partial charge >= 0.3 is 0 Å². The highest BCUT2D eigenvalue weighted by molar-refractivity contribution is 7.99. The van der Waals surface area contributed by atoms with Gasteiger partial charge in [0.15, 0.2) is 0 Å². The van der Waals surface area contributed by atoms with Crippen LogP contribution >= 0.6 is 11.8 Å². The maximum Gasteiger partial charge on any atom is 0.0751 e. The van der Waals surface area contributed by atoms with Gasteiger partial charge < -0.3 is 4.74 Å². The molecule has 3 rings (SSSR count). The molecule has 20 heavy (non-hydrogen) atoms. The van der Waals surface area contributed by atoms with Crippen LogP contribution in [0, 0.1) is 16.7 Å². The summed E-state index contributed by atoms with van der Waals surface area (Å²) in [6.45, 7) is 7.36. The molecule has 2 aliphatic carbocycles. The van der Waals surface area contributed by atoms with Crippen LogP contribution in [0.2, 0.25) is 0 Å². The molecule has 4 atom stereocenters. The highest BCUT2D eigenvalue weighted by atomic mass is 32.2. The molecule has 1 aromatic rings. The van der Waals surface area contributed by atoms with E-state index in [9.17, 15) is 0 Å². The maximum absolute atomic E-state index is 5.96. The van der Waals surface area contributed by atoms with E-state index in [1.807, 2.05) is 7.11 Å². The van der Waals surface area contributed by atoms with Gasteiger partial charge in [0.05, 0.1) is 6.10 Å². The van der Waals surface area contributed by atoms with Crippen molar-refractivity contribution in [1.29, 1.82) is 0 Å². The number of thioether (sulfide) groups is 1. The summed E-state index contributed by atoms with van der Waals surface area (Å²) in [5, 5.41) is 0.647. The Morgan fingerprint density at radius 2 is 1.90 bits per heavy atom. The van der Waals surface area contributed by atoms with E-state index < -0.39 is 0 Å². The Labute approximate surface area is 127 Å². The summed E-state index contributed by atoms with van der Waals surface area (Å²) < 4.78 is 5.96. The SMILES string of the molecule is CO[C@@H]1[C@H](SCc2ccccc2)[C@@H]2CC[C@@]1(C)C2(C)C. The number of hydrogen-bond acceptors (Lipinski definition) is 2. The number of methoxy groups -OCH3 is 1. The quantitative estimate of drug-likeness (QED) is 0.790. The normalized spacial score (nSPS) is 38.3. The molecule has 2 heteroatoms. The fourth-order valence-corrected chi connectivity index (χ4v) is 6.46. The molecule has 2 fully saturated rings. The summed E-state index contributed by atoms with van der Waals surface area (Å²) in [5.74, 6) is 1.90. The first-order chi connectivity index (χ1) is 9.50. The first-order valence-electron chi connectivity index (χ1n) is 7.69. The van der Waals surface area contributed by atoms with Gasteiger partial charge in [0.2, 0.25) is 0 Å². The lowest BCUT2D eigenvalue weighted by Gasteiger charge is -2.39. The third-order valence-corrected chi connectivity index (χ3v) is 7.70. The summed E-state index contributed by atoms with van der Waals surface area (Å²) in [4.78, 5) is 0. The molecule has 0 saturated heterocycles. The zero-order valence-electron chi connectivity index (χ0n) is 13.1. The minimum atomic E-state index is 0.348. The van der Waals surface area contributed by atoms with Crippen molar-refractivity contribution in [2.75, 3.05) is 7.11 Å². The minimum Gasteiger partial charge on any atom is -0.380 e. The largest absolute Gasteiger partial charge is 0.380 e. The Morgan fingerprint density at radius 3 is 2.55 bits per heavy atom. The van der Waals surface area contributed by atoms with Gasteiger partial charge in [-0.2, -0.15) is 11.8 Å². The molecule has 0 N–H and O–H groups in total. The van der Waals surface area contributed by atoms with Crippen molar-refractivity contribution in [3.8, 4) is 0 Å². The number of hydrogen-bond donors (Lipinski definition) is 0. The van der Waals surface area contributed by atoms with E-state index in [0.29, 0.717) is 22.2 Å². The first kappa shape index (κ1) is 14.5. The summed E-state index contributed by atoms with van der Waals surface area (Å²) in [6, 6.07) is 10.8. The number of benzene rings is 1. The highest BCUT2D eigenvalue weighted by Gasteiger charge is 2.66. The second-order valence-corrected chi connectivity index (χ2v) is 8.37. The van der Waals surface area contributed by atoms with Crippen LogP contribution in [0.4, 0.5) is 0 Å². The van der Waals surface area contributed by atoms with Crippen molar-refractivity contribution in [3.05, 3.63) is 35.9 Å². The molecule has 2 aliphatic rings. The number of ether oxygens (including phenoxy) is 1. The number of fused-ring (bicyclic) bond motifs is 2. The molecule has 1 aromatic carbocycles. The highest BCUT2D eigenvalue weighted by Crippen LogP contribution is 2.68. The van der Waals surface area contributed by atoms with Crippen LogP contribution in [0.15, 0.2) is 30.3 Å². The van der Waals surface area contributed by atoms with Crippen LogP contribution in [0.3, 0.4) is 0 Å². The zero-order chi connectivity index (χ0) is 14.4. The molecule has 0 aromatic heterocycles. The van der Waals surface area contributed by atoms with Crippen LogP contribution < -0.4 is 0 Å². The van der Waals surface area contributed by atoms with Crippen LogP contribution in [0.1, 0.15) is 39.2 Å². The molecule has 1 nitrogen and oxygen atoms in total. The van der Waals surface area contributed by atoms with Crippen molar-refractivity contribution >= 4 is 11.8 Å². The van der Waals surface area contributed by atoms with Gasteiger partial charge in [-0.25, -0.2) is 0 Å². The van der Waals surface area contributed by atoms with Crippen molar-refractivity contribution in [2.45, 2.75) is 50.7 Å². The molecular formula is C18H26OS. The average molecular weight is 290 g/mol. The molecule has 0 radical (unpaired) electrons. The van der Waals surface area contributed by atoms with E-state index in [1.165, 1.54) is 18.4 Å². The van der Waals surface area contributed by atoms with E-state index in [2.05, 4.69) is 62.9 Å². The second kappa shape index (κ2) is 5.06. The lowest BCUT2D eigenvalue weighted by molar-refractivity contribution is -0.0176. The molecule has 2 bridgehead atoms. The Morgan fingerprint density at radius 1 is 1.20 bits per heavy atom. The molecule has 0 spiro atoms. The Kier molecular flexibility index (Phi) is 3.66. The third-order valence-electron chi connectivity index (χ3n) is 6.24. The molecule has 110 valence electrons. The number of rotatable bonds is 4. The zero-order valence-corrected chi connectivity index (χ0v) is 13.9. The molecular weight excluding hydrogens is 264 g/mol. The predicted molar refractivity (Wildman–Crippen MR) is 86.9 cm³/mol. The lowest BCUT2D eigenvalue weighted by atomic mass is 9.70. The Hall–Kier alpha value is -0.470. The van der Waals surface area contributed by atoms with Crippen LogP contribution in [-0.2, 0) is 10.5 Å². The van der Waals surface area contributed by atoms with E-state index in [0.717, 1.165) is 11.7 Å². The predicted octanol–water partition coefficient (Wildman–Crippen LogP) is 4.76. The van der Waals surface area contributed by atoms with Gasteiger partial charge in [-0.05, 0) is 29.7 Å². The van der Waals surface area contributed by atoms with Crippen molar-refractivity contribution in [1.82, 2.24) is 0 Å². The summed E-state index contributed by atoms with van der Waals surface area (Å²) in [7, 11) is 1.91. The van der Waals surface area contributed by atoms with E-state index in [-0.39, 0.29) is 0 Å². The summed E-state index contributed by atoms with van der Waals surface area (Å²) >= 11 is 2.11. The molecule has 0 aliphatic heterocycles. The van der Waals surface area contributed by atoms with Crippen LogP contribution in [-0.4, -0.2) is 18.5 Å². The molecule has 0 unspecified atom stereocenters. The van der Waals surface area contributed by atoms with Gasteiger partial charge in [-0.1, -0.05) is 51.1 Å². The van der Waals surface area contributed by atoms with Crippen LogP contribution in [0.25, 0.3) is 0 Å². The topological polar surface area (TPSA) is 9.23 Å². The van der Waals surface area contributed by atoms with Gasteiger partial charge in [0.1, 0.15) is 0 Å². The van der Waals surface area contributed by atoms with Crippen molar-refractivity contribution in [3.63, 3.8) is 0 Å². The Bertz CT molecular complexity index is 470. The molecule has 0 heterocycles. The fraction of sp³-hybridized carbons (Fsp3) is 0.667. The summed E-state index contributed by atoms with van der Waals surface area (Å²) in [6.07, 6.45) is 3.10. The van der Waals surface area contributed by atoms with Gasteiger partial charge in [0.25, 0.3) is 0 Å². The van der Waals surface area contributed by atoms with E-state index in [1.54, 1.807) is 0 Å². The first-order valence-corrected chi connectivity index (χ1v) is 8.74. The van der Waals surface area contributed by atoms with E-state index in [4.69, 9.17) is 4.74 Å². The fourth-order valence-electron chi connectivity index (χ4n) is 4.58. The Balaban J connectivity index is 1.77. The third kappa shape index (κ3) is 1.95. The molecule has 0 amide bonds.